The molecule has 0 saturated carbocycles. The van der Waals surface area contributed by atoms with Gasteiger partial charge in [-0.3, -0.25) is 0 Å². The summed E-state index contributed by atoms with van der Waals surface area (Å²) >= 11 is 0. The Morgan fingerprint density at radius 3 is 2.04 bits per heavy atom. The highest BCUT2D eigenvalue weighted by atomic mass is 19.4. The minimum Gasteiger partial charge on any atom is -0.496 e. The molecule has 10 heteroatoms. The highest BCUT2D eigenvalue weighted by Gasteiger charge is 2.41. The standard InChI is InChI=1S/C37H37F8NO/c1-20-11-30(25-12-27(36(40,41)42)17-28(13-25)37(43,44)45)22(3)46(20)19-26-18-35(4,5)10-9-29(26)31-14-23(7-8-34(31)47-6)24-15-32(38)21(2)33(39)16-24/h7-8,12-17,22,30H,1,9-11,18-19H2,2-6H3. The van der Waals surface area contributed by atoms with Gasteiger partial charge in [0.2, 0.25) is 0 Å². The number of likely N-dealkylation sites (tertiary alicyclic amines) is 1. The van der Waals surface area contributed by atoms with Gasteiger partial charge in [-0.15, -0.1) is 0 Å². The molecular formula is C37H37F8NO. The van der Waals surface area contributed by atoms with Crippen molar-refractivity contribution < 1.29 is 39.9 Å². The molecule has 0 N–H and O–H groups in total. The van der Waals surface area contributed by atoms with Crippen LogP contribution in [0.25, 0.3) is 16.7 Å². The van der Waals surface area contributed by atoms with Crippen LogP contribution in [0.5, 0.6) is 5.75 Å². The first-order valence-electron chi connectivity index (χ1n) is 15.4. The van der Waals surface area contributed by atoms with E-state index in [1.54, 1.807) is 19.1 Å². The van der Waals surface area contributed by atoms with E-state index in [1.807, 2.05) is 11.0 Å². The molecule has 252 valence electrons. The Hall–Kier alpha value is -3.82. The largest absolute Gasteiger partial charge is 0.496 e. The predicted octanol–water partition coefficient (Wildman–Crippen LogP) is 11.3. The number of nitrogens with zero attached hydrogens (tertiary/aromatic N) is 1. The van der Waals surface area contributed by atoms with Crippen LogP contribution < -0.4 is 4.74 Å². The lowest BCUT2D eigenvalue weighted by atomic mass is 9.72. The van der Waals surface area contributed by atoms with Gasteiger partial charge in [0.1, 0.15) is 17.4 Å². The maximum absolute atomic E-state index is 14.5. The first kappa shape index (κ1) is 34.5. The van der Waals surface area contributed by atoms with Gasteiger partial charge in [-0.05, 0) is 115 Å². The van der Waals surface area contributed by atoms with E-state index in [4.69, 9.17) is 4.74 Å². The lowest BCUT2D eigenvalue weighted by Gasteiger charge is -2.37. The smallest absolute Gasteiger partial charge is 0.416 e. The molecule has 47 heavy (non-hydrogen) atoms. The number of halogens is 8. The number of benzene rings is 3. The highest BCUT2D eigenvalue weighted by molar-refractivity contribution is 5.79. The molecule has 0 bridgehead atoms. The fraction of sp³-hybridized carbons (Fsp3) is 0.405. The summed E-state index contributed by atoms with van der Waals surface area (Å²) in [5, 5.41) is 0. The van der Waals surface area contributed by atoms with Gasteiger partial charge < -0.3 is 9.64 Å². The number of hydrogen-bond donors (Lipinski definition) is 0. The van der Waals surface area contributed by atoms with Crippen LogP contribution in [0.3, 0.4) is 0 Å². The fourth-order valence-corrected chi connectivity index (χ4v) is 6.92. The summed E-state index contributed by atoms with van der Waals surface area (Å²) in [5.74, 6) is -1.38. The molecule has 0 spiro atoms. The van der Waals surface area contributed by atoms with Gasteiger partial charge in [-0.2, -0.15) is 26.3 Å². The number of ether oxygens (including phenoxy) is 1. The summed E-state index contributed by atoms with van der Waals surface area (Å²) in [6.07, 6.45) is -7.49. The lowest BCUT2D eigenvalue weighted by Crippen LogP contribution is -2.33. The number of methoxy groups -OCH3 is 1. The monoisotopic (exact) mass is 663 g/mol. The molecule has 2 unspecified atom stereocenters. The Bertz CT molecular complexity index is 1680. The molecule has 3 aromatic carbocycles. The Kier molecular flexibility index (Phi) is 9.05. The number of allylic oxidation sites excluding steroid dienone is 2. The van der Waals surface area contributed by atoms with Crippen LogP contribution in [0.1, 0.15) is 80.2 Å². The fourth-order valence-electron chi connectivity index (χ4n) is 6.92. The third-order valence-electron chi connectivity index (χ3n) is 9.64. The van der Waals surface area contributed by atoms with Crippen molar-refractivity contribution >= 4 is 5.57 Å². The summed E-state index contributed by atoms with van der Waals surface area (Å²) in [6.45, 7) is 12.0. The molecule has 1 aliphatic carbocycles. The molecule has 1 heterocycles. The molecular weight excluding hydrogens is 626 g/mol. The van der Waals surface area contributed by atoms with E-state index in [0.29, 0.717) is 42.0 Å². The average Bonchev–Trinajstić information content (AvgIpc) is 3.26. The third-order valence-corrected chi connectivity index (χ3v) is 9.64. The molecule has 1 aliphatic heterocycles. The Morgan fingerprint density at radius 1 is 0.894 bits per heavy atom. The Morgan fingerprint density at radius 2 is 1.49 bits per heavy atom. The Labute approximate surface area is 269 Å². The minimum atomic E-state index is -4.94. The third kappa shape index (κ3) is 7.06. The summed E-state index contributed by atoms with van der Waals surface area (Å²) in [7, 11) is 1.54. The normalized spacial score (nSPS) is 20.3. The minimum absolute atomic E-state index is 0.0339. The number of alkyl halides is 6. The number of hydrogen-bond acceptors (Lipinski definition) is 2. The van der Waals surface area contributed by atoms with Crippen molar-refractivity contribution in [3.8, 4) is 16.9 Å². The lowest BCUT2D eigenvalue weighted by molar-refractivity contribution is -0.143. The molecule has 0 aromatic heterocycles. The molecule has 2 aliphatic rings. The van der Waals surface area contributed by atoms with Crippen molar-refractivity contribution in [3.63, 3.8) is 0 Å². The van der Waals surface area contributed by atoms with E-state index in [9.17, 15) is 35.1 Å². The average molecular weight is 664 g/mol. The van der Waals surface area contributed by atoms with Crippen molar-refractivity contribution in [2.75, 3.05) is 13.7 Å². The molecule has 3 aromatic rings. The maximum Gasteiger partial charge on any atom is 0.416 e. The summed E-state index contributed by atoms with van der Waals surface area (Å²) < 4.78 is 117. The van der Waals surface area contributed by atoms with Gasteiger partial charge in [0.05, 0.1) is 18.2 Å². The van der Waals surface area contributed by atoms with Crippen LogP contribution in [-0.4, -0.2) is 24.6 Å². The molecule has 1 fully saturated rings. The van der Waals surface area contributed by atoms with E-state index in [2.05, 4.69) is 20.4 Å². The van der Waals surface area contributed by atoms with Crippen LogP contribution in [0.15, 0.2) is 66.4 Å². The second-order valence-electron chi connectivity index (χ2n) is 13.5. The zero-order valence-electron chi connectivity index (χ0n) is 26.9. The second kappa shape index (κ2) is 12.3. The molecule has 0 amide bonds. The van der Waals surface area contributed by atoms with Crippen LogP contribution in [-0.2, 0) is 12.4 Å². The van der Waals surface area contributed by atoms with E-state index in [1.165, 1.54) is 26.2 Å². The van der Waals surface area contributed by atoms with Gasteiger partial charge in [-0.25, -0.2) is 8.78 Å². The van der Waals surface area contributed by atoms with Gasteiger partial charge in [0, 0.05) is 35.3 Å². The van der Waals surface area contributed by atoms with Crippen LogP contribution in [0.4, 0.5) is 35.1 Å². The summed E-state index contributed by atoms with van der Waals surface area (Å²) in [6, 6.07) is 9.25. The molecule has 0 radical (unpaired) electrons. The van der Waals surface area contributed by atoms with Crippen molar-refractivity contribution in [2.45, 2.75) is 77.7 Å². The second-order valence-corrected chi connectivity index (χ2v) is 13.5. The van der Waals surface area contributed by atoms with Gasteiger partial charge in [0.25, 0.3) is 0 Å². The van der Waals surface area contributed by atoms with Crippen molar-refractivity contribution in [3.05, 3.63) is 106 Å². The Balaban J connectivity index is 1.55. The molecule has 5 rings (SSSR count). The molecule has 1 saturated heterocycles. The van der Waals surface area contributed by atoms with E-state index >= 15 is 0 Å². The zero-order valence-corrected chi connectivity index (χ0v) is 26.9. The van der Waals surface area contributed by atoms with E-state index in [-0.39, 0.29) is 29.0 Å². The highest BCUT2D eigenvalue weighted by Crippen LogP contribution is 2.48. The van der Waals surface area contributed by atoms with Crippen molar-refractivity contribution in [1.29, 1.82) is 0 Å². The van der Waals surface area contributed by atoms with Crippen LogP contribution in [0.2, 0.25) is 0 Å². The van der Waals surface area contributed by atoms with E-state index in [0.717, 1.165) is 35.3 Å². The quantitative estimate of drug-likeness (QED) is 0.243. The first-order chi connectivity index (χ1) is 21.8. The summed E-state index contributed by atoms with van der Waals surface area (Å²) in [4.78, 5) is 1.97. The van der Waals surface area contributed by atoms with Gasteiger partial charge >= 0.3 is 12.4 Å². The number of rotatable bonds is 6. The molecule has 2 nitrogen and oxygen atoms in total. The zero-order chi connectivity index (χ0) is 34.6. The van der Waals surface area contributed by atoms with Crippen LogP contribution in [0, 0.1) is 24.0 Å². The predicted molar refractivity (Wildman–Crippen MR) is 167 cm³/mol. The van der Waals surface area contributed by atoms with Crippen LogP contribution >= 0.6 is 0 Å². The van der Waals surface area contributed by atoms with Gasteiger partial charge in [0.15, 0.2) is 0 Å². The SMILES string of the molecule is C=C1CC(c2cc(C(F)(F)F)cc(C(F)(F)F)c2)C(C)N1CC1=C(c2cc(-c3cc(F)c(C)c(F)c3)ccc2OC)CCC(C)(C)C1. The maximum atomic E-state index is 14.5. The molecule has 2 atom stereocenters. The first-order valence-corrected chi connectivity index (χ1v) is 15.4. The van der Waals surface area contributed by atoms with Crippen molar-refractivity contribution in [1.82, 2.24) is 4.90 Å². The van der Waals surface area contributed by atoms with Crippen molar-refractivity contribution in [2.24, 2.45) is 5.41 Å². The topological polar surface area (TPSA) is 12.5 Å². The van der Waals surface area contributed by atoms with Gasteiger partial charge in [-0.1, -0.05) is 26.5 Å². The summed E-state index contributed by atoms with van der Waals surface area (Å²) in [5.41, 5.74) is 1.51. The van der Waals surface area contributed by atoms with E-state index < -0.39 is 47.1 Å².